The summed E-state index contributed by atoms with van der Waals surface area (Å²) in [5, 5.41) is 5.96. The lowest BCUT2D eigenvalue weighted by atomic mass is 10.1. The highest BCUT2D eigenvalue weighted by molar-refractivity contribution is 5.92. The average Bonchev–Trinajstić information content (AvgIpc) is 3.05. The zero-order chi connectivity index (χ0) is 16.9. The van der Waals surface area contributed by atoms with E-state index in [1.165, 1.54) is 6.33 Å². The molecule has 0 saturated heterocycles. The van der Waals surface area contributed by atoms with E-state index in [9.17, 15) is 4.79 Å². The van der Waals surface area contributed by atoms with Crippen LogP contribution in [0.5, 0.6) is 0 Å². The molecule has 0 bridgehead atoms. The second-order valence-corrected chi connectivity index (χ2v) is 5.55. The lowest BCUT2D eigenvalue weighted by Crippen LogP contribution is -2.23. The number of aromatic nitrogens is 2. The second kappa shape index (κ2) is 6.95. The summed E-state index contributed by atoms with van der Waals surface area (Å²) >= 11 is 0. The van der Waals surface area contributed by atoms with E-state index < -0.39 is 0 Å². The molecule has 0 unspecified atom stereocenters. The molecular weight excluding hydrogens is 304 g/mol. The van der Waals surface area contributed by atoms with Gasteiger partial charge in [0.2, 0.25) is 0 Å². The van der Waals surface area contributed by atoms with Gasteiger partial charge in [-0.05, 0) is 49.2 Å². The Hall–Kier alpha value is -3.15. The van der Waals surface area contributed by atoms with E-state index in [1.807, 2.05) is 26.0 Å². The van der Waals surface area contributed by atoms with Crippen LogP contribution in [0.1, 0.15) is 27.4 Å². The van der Waals surface area contributed by atoms with Crippen LogP contribution in [0.15, 0.2) is 53.4 Å². The number of anilines is 2. The van der Waals surface area contributed by atoms with Crippen molar-refractivity contribution >= 4 is 17.4 Å². The first-order valence-electron chi connectivity index (χ1n) is 7.58. The maximum Gasteiger partial charge on any atom is 0.270 e. The van der Waals surface area contributed by atoms with Crippen molar-refractivity contribution in [3.63, 3.8) is 0 Å². The van der Waals surface area contributed by atoms with Crippen LogP contribution in [0.3, 0.4) is 0 Å². The first-order chi connectivity index (χ1) is 11.6. The van der Waals surface area contributed by atoms with Crippen LogP contribution < -0.4 is 10.6 Å². The van der Waals surface area contributed by atoms with E-state index in [0.717, 1.165) is 16.8 Å². The monoisotopic (exact) mass is 322 g/mol. The van der Waals surface area contributed by atoms with E-state index in [-0.39, 0.29) is 5.91 Å². The Morgan fingerprint density at radius 2 is 1.92 bits per heavy atom. The van der Waals surface area contributed by atoms with Gasteiger partial charge in [0.1, 0.15) is 23.6 Å². The maximum absolute atomic E-state index is 12.2. The molecule has 6 nitrogen and oxygen atoms in total. The number of carbonyl (C=O) groups excluding carboxylic acids is 1. The fourth-order valence-electron chi connectivity index (χ4n) is 2.42. The fourth-order valence-corrected chi connectivity index (χ4v) is 2.42. The molecule has 1 aromatic carbocycles. The van der Waals surface area contributed by atoms with Crippen LogP contribution >= 0.6 is 0 Å². The number of hydrogen-bond acceptors (Lipinski definition) is 5. The van der Waals surface area contributed by atoms with Gasteiger partial charge in [-0.1, -0.05) is 6.07 Å². The first kappa shape index (κ1) is 15.7. The minimum absolute atomic E-state index is 0.280. The molecule has 0 aliphatic carbocycles. The van der Waals surface area contributed by atoms with Crippen molar-refractivity contribution in [1.82, 2.24) is 15.3 Å². The molecule has 0 spiro atoms. The van der Waals surface area contributed by atoms with Gasteiger partial charge in [-0.25, -0.2) is 9.97 Å². The summed E-state index contributed by atoms with van der Waals surface area (Å²) in [5.41, 5.74) is 3.53. The molecular formula is C18H18N4O2. The highest BCUT2D eigenvalue weighted by Gasteiger charge is 2.09. The zero-order valence-electron chi connectivity index (χ0n) is 13.5. The molecule has 0 saturated carbocycles. The van der Waals surface area contributed by atoms with Crippen molar-refractivity contribution in [2.75, 3.05) is 5.32 Å². The third-order valence-electron chi connectivity index (χ3n) is 3.40. The number of carbonyl (C=O) groups is 1. The molecule has 0 fully saturated rings. The summed E-state index contributed by atoms with van der Waals surface area (Å²) in [4.78, 5) is 20.4. The maximum atomic E-state index is 12.2. The molecule has 0 atom stereocenters. The molecule has 3 aromatic rings. The van der Waals surface area contributed by atoms with Crippen molar-refractivity contribution in [2.24, 2.45) is 0 Å². The normalized spacial score (nSPS) is 10.4. The van der Waals surface area contributed by atoms with E-state index >= 15 is 0 Å². The van der Waals surface area contributed by atoms with Gasteiger partial charge in [0, 0.05) is 11.8 Å². The number of nitrogens with zero attached hydrogens (tertiary/aromatic N) is 2. The van der Waals surface area contributed by atoms with Crippen LogP contribution in [0.4, 0.5) is 11.5 Å². The third kappa shape index (κ3) is 3.98. The Balaban J connectivity index is 1.70. The summed E-state index contributed by atoms with van der Waals surface area (Å²) in [7, 11) is 0. The number of rotatable bonds is 5. The van der Waals surface area contributed by atoms with E-state index in [2.05, 4.69) is 26.7 Å². The Morgan fingerprint density at radius 3 is 2.62 bits per heavy atom. The molecule has 122 valence electrons. The summed E-state index contributed by atoms with van der Waals surface area (Å²) in [6.07, 6.45) is 2.94. The van der Waals surface area contributed by atoms with Gasteiger partial charge in [-0.15, -0.1) is 0 Å². The average molecular weight is 322 g/mol. The summed E-state index contributed by atoms with van der Waals surface area (Å²) in [6, 6.07) is 11.3. The highest BCUT2D eigenvalue weighted by Crippen LogP contribution is 2.18. The quantitative estimate of drug-likeness (QED) is 0.753. The number of benzene rings is 1. The van der Waals surface area contributed by atoms with Crippen molar-refractivity contribution in [3.8, 4) is 0 Å². The number of furan rings is 1. The number of amides is 1. The molecule has 2 aromatic heterocycles. The van der Waals surface area contributed by atoms with E-state index in [1.54, 1.807) is 24.5 Å². The largest absolute Gasteiger partial charge is 0.467 e. The summed E-state index contributed by atoms with van der Waals surface area (Å²) < 4.78 is 5.19. The van der Waals surface area contributed by atoms with E-state index in [0.29, 0.717) is 23.8 Å². The van der Waals surface area contributed by atoms with Crippen molar-refractivity contribution in [3.05, 3.63) is 71.6 Å². The molecule has 0 radical (unpaired) electrons. The molecule has 2 heterocycles. The Bertz CT molecular complexity index is 824. The Morgan fingerprint density at radius 1 is 1.12 bits per heavy atom. The SMILES string of the molecule is Cc1cc(C)cc(Nc2cc(C(=O)NCc3ccco3)ncn2)c1. The van der Waals surface area contributed by atoms with Crippen LogP contribution in [0, 0.1) is 13.8 Å². The van der Waals surface area contributed by atoms with Gasteiger partial charge in [-0.2, -0.15) is 0 Å². The molecule has 0 aliphatic rings. The van der Waals surface area contributed by atoms with E-state index in [4.69, 9.17) is 4.42 Å². The first-order valence-corrected chi connectivity index (χ1v) is 7.58. The van der Waals surface area contributed by atoms with Gasteiger partial charge in [0.05, 0.1) is 12.8 Å². The topological polar surface area (TPSA) is 80.0 Å². The smallest absolute Gasteiger partial charge is 0.270 e. The summed E-state index contributed by atoms with van der Waals surface area (Å²) in [5.74, 6) is 0.974. The summed E-state index contributed by atoms with van der Waals surface area (Å²) in [6.45, 7) is 4.38. The van der Waals surface area contributed by atoms with Gasteiger partial charge < -0.3 is 15.1 Å². The predicted molar refractivity (Wildman–Crippen MR) is 91.1 cm³/mol. The van der Waals surface area contributed by atoms with Gasteiger partial charge >= 0.3 is 0 Å². The van der Waals surface area contributed by atoms with Crippen molar-refractivity contribution < 1.29 is 9.21 Å². The van der Waals surface area contributed by atoms with Gasteiger partial charge in [-0.3, -0.25) is 4.79 Å². The van der Waals surface area contributed by atoms with Crippen LogP contribution in [0.25, 0.3) is 0 Å². The van der Waals surface area contributed by atoms with Crippen molar-refractivity contribution in [2.45, 2.75) is 20.4 Å². The molecule has 3 rings (SSSR count). The Labute approximate surface area is 140 Å². The predicted octanol–water partition coefficient (Wildman–Crippen LogP) is 3.36. The molecule has 24 heavy (non-hydrogen) atoms. The van der Waals surface area contributed by atoms with Crippen LogP contribution in [-0.2, 0) is 6.54 Å². The van der Waals surface area contributed by atoms with Gasteiger partial charge in [0.25, 0.3) is 5.91 Å². The molecule has 1 amide bonds. The minimum atomic E-state index is -0.280. The standard InChI is InChI=1S/C18H18N4O2/c1-12-6-13(2)8-14(7-12)22-17-9-16(20-11-21-17)18(23)19-10-15-4-3-5-24-15/h3-9,11H,10H2,1-2H3,(H,19,23)(H,20,21,22). The van der Waals surface area contributed by atoms with Crippen molar-refractivity contribution in [1.29, 1.82) is 0 Å². The second-order valence-electron chi connectivity index (χ2n) is 5.55. The number of aryl methyl sites for hydroxylation is 2. The lowest BCUT2D eigenvalue weighted by Gasteiger charge is -2.09. The van der Waals surface area contributed by atoms with Gasteiger partial charge in [0.15, 0.2) is 0 Å². The fraction of sp³-hybridized carbons (Fsp3) is 0.167. The Kier molecular flexibility index (Phi) is 4.56. The molecule has 0 aliphatic heterocycles. The highest BCUT2D eigenvalue weighted by atomic mass is 16.3. The van der Waals surface area contributed by atoms with Crippen LogP contribution in [0.2, 0.25) is 0 Å². The number of hydrogen-bond donors (Lipinski definition) is 2. The molecule has 6 heteroatoms. The lowest BCUT2D eigenvalue weighted by molar-refractivity contribution is 0.0943. The third-order valence-corrected chi connectivity index (χ3v) is 3.40. The van der Waals surface area contributed by atoms with Crippen LogP contribution in [-0.4, -0.2) is 15.9 Å². The minimum Gasteiger partial charge on any atom is -0.467 e. The zero-order valence-corrected chi connectivity index (χ0v) is 13.5. The number of nitrogens with one attached hydrogen (secondary N) is 2. The molecule has 2 N–H and O–H groups in total.